The van der Waals surface area contributed by atoms with Gasteiger partial charge in [0.15, 0.2) is 11.5 Å². The van der Waals surface area contributed by atoms with E-state index in [1.54, 1.807) is 18.2 Å². The van der Waals surface area contributed by atoms with Gasteiger partial charge in [-0.15, -0.1) is 0 Å². The molecule has 0 aliphatic carbocycles. The van der Waals surface area contributed by atoms with Gasteiger partial charge in [-0.1, -0.05) is 6.07 Å². The highest BCUT2D eigenvalue weighted by molar-refractivity contribution is 5.79. The van der Waals surface area contributed by atoms with Gasteiger partial charge < -0.3 is 9.47 Å². The van der Waals surface area contributed by atoms with E-state index >= 15 is 0 Å². The zero-order valence-electron chi connectivity index (χ0n) is 15.3. The van der Waals surface area contributed by atoms with Crippen LogP contribution in [0.1, 0.15) is 18.1 Å². The summed E-state index contributed by atoms with van der Waals surface area (Å²) >= 11 is 0. The molecule has 1 aromatic heterocycles. The molecule has 2 aromatic carbocycles. The largest absolute Gasteiger partial charge is 0.493 e. The summed E-state index contributed by atoms with van der Waals surface area (Å²) in [4.78, 5) is 0. The Bertz CT molecular complexity index is 959. The van der Waals surface area contributed by atoms with Crippen molar-refractivity contribution >= 4 is 11.0 Å². The van der Waals surface area contributed by atoms with E-state index in [1.165, 1.54) is 22.5 Å². The van der Waals surface area contributed by atoms with Gasteiger partial charge in [0.25, 0.3) is 6.43 Å². The molecule has 0 saturated carbocycles. The van der Waals surface area contributed by atoms with Gasteiger partial charge in [-0.05, 0) is 42.8 Å². The van der Waals surface area contributed by atoms with Crippen molar-refractivity contribution in [3.8, 4) is 11.5 Å². The summed E-state index contributed by atoms with van der Waals surface area (Å²) in [7, 11) is 1.51. The summed E-state index contributed by atoms with van der Waals surface area (Å²) in [6.45, 7) is 1.75. The smallest absolute Gasteiger partial charge is 0.416 e. The first kappa shape index (κ1) is 20.0. The second-order valence-corrected chi connectivity index (χ2v) is 6.15. The third-order valence-electron chi connectivity index (χ3n) is 4.32. The fraction of sp³-hybridized carbons (Fsp3) is 0.368. The van der Waals surface area contributed by atoms with E-state index < -0.39 is 24.7 Å². The van der Waals surface area contributed by atoms with E-state index in [4.69, 9.17) is 9.47 Å². The number of methoxy groups -OCH3 is 1. The average molecular weight is 402 g/mol. The zero-order valence-corrected chi connectivity index (χ0v) is 15.3. The lowest BCUT2D eigenvalue weighted by atomic mass is 10.1. The van der Waals surface area contributed by atoms with Gasteiger partial charge in [-0.2, -0.15) is 13.2 Å². The van der Waals surface area contributed by atoms with Crippen molar-refractivity contribution in [3.63, 3.8) is 0 Å². The van der Waals surface area contributed by atoms with Crippen molar-refractivity contribution in [2.45, 2.75) is 32.6 Å². The predicted molar refractivity (Wildman–Crippen MR) is 94.2 cm³/mol. The molecule has 28 heavy (non-hydrogen) atoms. The number of hydrogen-bond acceptors (Lipinski definition) is 2. The van der Waals surface area contributed by atoms with Crippen LogP contribution in [0.3, 0.4) is 0 Å². The van der Waals surface area contributed by atoms with Crippen LogP contribution in [0, 0.1) is 0 Å². The zero-order chi connectivity index (χ0) is 20.5. The number of hydrogen-bond donors (Lipinski definition) is 0. The van der Waals surface area contributed by atoms with Crippen LogP contribution in [0.25, 0.3) is 11.0 Å². The minimum Gasteiger partial charge on any atom is -0.493 e. The van der Waals surface area contributed by atoms with E-state index in [-0.39, 0.29) is 12.1 Å². The molecular weight excluding hydrogens is 383 g/mol. The summed E-state index contributed by atoms with van der Waals surface area (Å²) in [5.74, 6) is 1.05. The number of ether oxygens (including phenoxy) is 2. The second-order valence-electron chi connectivity index (χ2n) is 6.15. The van der Waals surface area contributed by atoms with Crippen molar-refractivity contribution < 1.29 is 31.4 Å². The lowest BCUT2D eigenvalue weighted by Gasteiger charge is -2.28. The van der Waals surface area contributed by atoms with Crippen LogP contribution in [-0.2, 0) is 19.3 Å². The molecule has 0 bridgehead atoms. The van der Waals surface area contributed by atoms with Gasteiger partial charge in [0.1, 0.15) is 6.54 Å². The molecule has 152 valence electrons. The number of alkyl halides is 5. The topological polar surface area (TPSA) is 28.3 Å². The molecule has 0 unspecified atom stereocenters. The molecular formula is C19H19F5N2O2. The Morgan fingerprint density at radius 1 is 0.964 bits per heavy atom. The maximum atomic E-state index is 13.0. The maximum absolute atomic E-state index is 13.0. The molecule has 3 rings (SSSR count). The van der Waals surface area contributed by atoms with Gasteiger partial charge in [0.05, 0.1) is 36.9 Å². The highest BCUT2D eigenvalue weighted by Crippen LogP contribution is 2.34. The van der Waals surface area contributed by atoms with Crippen molar-refractivity contribution in [2.75, 3.05) is 13.7 Å². The average Bonchev–Trinajstić information content (AvgIpc) is 2.63. The maximum Gasteiger partial charge on any atom is 0.416 e. The predicted octanol–water partition coefficient (Wildman–Crippen LogP) is 5.18. The molecule has 0 N–H and O–H groups in total. The Morgan fingerprint density at radius 2 is 1.71 bits per heavy atom. The molecule has 0 spiro atoms. The lowest BCUT2D eigenvalue weighted by molar-refractivity contribution is -0.137. The first-order chi connectivity index (χ1) is 13.2. The fourth-order valence-corrected chi connectivity index (χ4v) is 3.10. The van der Waals surface area contributed by atoms with Crippen LogP contribution >= 0.6 is 0 Å². The van der Waals surface area contributed by atoms with Gasteiger partial charge >= 0.3 is 6.18 Å². The van der Waals surface area contributed by atoms with Crippen molar-refractivity contribution in [3.05, 3.63) is 47.5 Å². The Kier molecular flexibility index (Phi) is 5.53. The Balaban J connectivity index is 1.99. The van der Waals surface area contributed by atoms with Crippen molar-refractivity contribution in [2.24, 2.45) is 0 Å². The van der Waals surface area contributed by atoms with Crippen LogP contribution in [0.4, 0.5) is 22.0 Å². The van der Waals surface area contributed by atoms with E-state index in [1.807, 2.05) is 6.92 Å². The molecule has 0 radical (unpaired) electrons. The first-order valence-corrected chi connectivity index (χ1v) is 8.58. The van der Waals surface area contributed by atoms with Crippen LogP contribution in [0.2, 0.25) is 0 Å². The monoisotopic (exact) mass is 402 g/mol. The molecule has 0 amide bonds. The number of rotatable bonds is 7. The number of aromatic nitrogens is 2. The molecule has 1 heterocycles. The van der Waals surface area contributed by atoms with Crippen LogP contribution in [0.5, 0.6) is 11.5 Å². The molecule has 0 saturated heterocycles. The summed E-state index contributed by atoms with van der Waals surface area (Å²) in [6, 6.07) is 8.33. The lowest BCUT2D eigenvalue weighted by Crippen LogP contribution is -2.27. The molecule has 4 nitrogen and oxygen atoms in total. The molecule has 0 aliphatic heterocycles. The van der Waals surface area contributed by atoms with Gasteiger partial charge in [-0.3, -0.25) is 9.36 Å². The summed E-state index contributed by atoms with van der Waals surface area (Å²) in [5, 5.41) is 0. The standard InChI is InChI=1S/C19H19F5N2O2/c1-3-28-17-8-12(4-7-16(17)27-2)10-25-14-6-5-13(19(22,23)24)9-15(14)26(25)11-18(20)21/h4-9,18H,3,10-11H2,1-2H3. The van der Waals surface area contributed by atoms with E-state index in [9.17, 15) is 22.0 Å². The van der Waals surface area contributed by atoms with Crippen LogP contribution < -0.4 is 9.47 Å². The fourth-order valence-electron chi connectivity index (χ4n) is 3.10. The third kappa shape index (κ3) is 3.93. The third-order valence-corrected chi connectivity index (χ3v) is 4.32. The minimum atomic E-state index is -4.53. The van der Waals surface area contributed by atoms with Gasteiger partial charge in [-0.25, -0.2) is 8.78 Å². The van der Waals surface area contributed by atoms with Crippen molar-refractivity contribution in [1.29, 1.82) is 0 Å². The Hall–Kier alpha value is -2.71. The number of nitrogens with zero attached hydrogens (tertiary/aromatic N) is 2. The SMILES string of the molecule is CCOc1cc(Cn2c3ccc(C(F)(F)F)cc3n2CC(F)F)ccc1OC. The quantitative estimate of drug-likeness (QED) is 0.510. The number of halogens is 5. The van der Waals surface area contributed by atoms with Crippen LogP contribution in [-0.4, -0.2) is 29.5 Å². The van der Waals surface area contributed by atoms with Crippen molar-refractivity contribution in [1.82, 2.24) is 9.36 Å². The van der Waals surface area contributed by atoms with E-state index in [0.717, 1.165) is 17.7 Å². The highest BCUT2D eigenvalue weighted by Gasteiger charge is 2.32. The molecule has 0 atom stereocenters. The van der Waals surface area contributed by atoms with Gasteiger partial charge in [0.2, 0.25) is 0 Å². The molecule has 9 heteroatoms. The minimum absolute atomic E-state index is 0.133. The number of fused-ring (bicyclic) bond motifs is 1. The molecule has 0 aliphatic rings. The Morgan fingerprint density at radius 3 is 2.32 bits per heavy atom. The van der Waals surface area contributed by atoms with E-state index in [2.05, 4.69) is 0 Å². The molecule has 3 aromatic rings. The summed E-state index contributed by atoms with van der Waals surface area (Å²) in [5.41, 5.74) is 0.471. The van der Waals surface area contributed by atoms with Gasteiger partial charge in [0, 0.05) is 0 Å². The number of benzene rings is 2. The highest BCUT2D eigenvalue weighted by atomic mass is 19.4. The second kappa shape index (κ2) is 7.73. The summed E-state index contributed by atoms with van der Waals surface area (Å²) in [6.07, 6.45) is -7.23. The first-order valence-electron chi connectivity index (χ1n) is 8.58. The van der Waals surface area contributed by atoms with E-state index in [0.29, 0.717) is 23.6 Å². The molecule has 0 fully saturated rings. The summed E-state index contributed by atoms with van der Waals surface area (Å²) < 4.78 is 78.2. The normalized spacial score (nSPS) is 12.1. The van der Waals surface area contributed by atoms with Crippen LogP contribution in [0.15, 0.2) is 36.4 Å². The Labute approximate surface area is 158 Å².